The molecule has 2 aromatic carbocycles. The number of anilines is 1. The number of methoxy groups -OCH3 is 1. The molecule has 252 valence electrons. The van der Waals surface area contributed by atoms with Crippen LogP contribution in [0.15, 0.2) is 48.5 Å². The molecule has 1 unspecified atom stereocenters. The van der Waals surface area contributed by atoms with Crippen LogP contribution < -0.4 is 25.4 Å². The van der Waals surface area contributed by atoms with Gasteiger partial charge in [0.05, 0.1) is 18.9 Å². The number of aliphatic hydroxyl groups is 1. The Morgan fingerprint density at radius 1 is 1.15 bits per heavy atom. The molecule has 0 spiro atoms. The summed E-state index contributed by atoms with van der Waals surface area (Å²) in [5.41, 5.74) is 7.35. The van der Waals surface area contributed by atoms with Crippen molar-refractivity contribution < 1.29 is 50.9 Å². The van der Waals surface area contributed by atoms with E-state index in [1.807, 2.05) is 0 Å². The van der Waals surface area contributed by atoms with E-state index in [-0.39, 0.29) is 18.1 Å². The number of hydrogen-bond donors (Lipinski definition) is 6. The van der Waals surface area contributed by atoms with E-state index in [1.54, 1.807) is 48.5 Å². The average molecular weight is 673 g/mol. The Balaban J connectivity index is 0.000000738. The largest absolute Gasteiger partial charge is 0.497 e. The second-order valence-electron chi connectivity index (χ2n) is 10.5. The number of nitrogens with one attached hydrogen (secondary N) is 3. The number of ether oxygens (including phenoxy) is 1. The summed E-state index contributed by atoms with van der Waals surface area (Å²) in [7, 11) is -2.35. The number of nitrogens with zero attached hydrogens (tertiary/aromatic N) is 2. The van der Waals surface area contributed by atoms with Gasteiger partial charge in [0.15, 0.2) is 5.96 Å². The van der Waals surface area contributed by atoms with E-state index < -0.39 is 58.8 Å². The summed E-state index contributed by atoms with van der Waals surface area (Å²) in [6.07, 6.45) is -4.60. The number of halogens is 3. The predicted octanol–water partition coefficient (Wildman–Crippen LogP) is 0.888. The van der Waals surface area contributed by atoms with Crippen LogP contribution in [0.5, 0.6) is 5.75 Å². The number of fused-ring (bicyclic) bond motifs is 1. The molecule has 1 fully saturated rings. The van der Waals surface area contributed by atoms with Crippen LogP contribution in [0, 0.1) is 5.41 Å². The molecule has 0 bridgehead atoms. The lowest BCUT2D eigenvalue weighted by Crippen LogP contribution is -2.59. The molecular weight excluding hydrogens is 637 g/mol. The van der Waals surface area contributed by atoms with Crippen molar-refractivity contribution in [2.75, 3.05) is 25.1 Å². The third-order valence-corrected chi connectivity index (χ3v) is 8.52. The van der Waals surface area contributed by atoms with Gasteiger partial charge in [0.25, 0.3) is 0 Å². The highest BCUT2D eigenvalue weighted by Gasteiger charge is 2.38. The van der Waals surface area contributed by atoms with Crippen molar-refractivity contribution in [1.29, 1.82) is 5.41 Å². The second kappa shape index (κ2) is 15.2. The maximum atomic E-state index is 13.7. The van der Waals surface area contributed by atoms with Crippen LogP contribution in [-0.2, 0) is 36.6 Å². The Kier molecular flexibility index (Phi) is 11.9. The maximum absolute atomic E-state index is 13.7. The van der Waals surface area contributed by atoms with Crippen LogP contribution >= 0.6 is 0 Å². The molecule has 14 nitrogen and oxygen atoms in total. The van der Waals surface area contributed by atoms with E-state index in [1.165, 1.54) is 16.9 Å². The summed E-state index contributed by atoms with van der Waals surface area (Å²) >= 11 is 0. The molecule has 0 aliphatic carbocycles. The molecule has 46 heavy (non-hydrogen) atoms. The van der Waals surface area contributed by atoms with E-state index in [4.69, 9.17) is 25.8 Å². The summed E-state index contributed by atoms with van der Waals surface area (Å²) in [4.78, 5) is 38.3. The molecule has 2 aromatic rings. The highest BCUT2D eigenvalue weighted by molar-refractivity contribution is 7.88. The lowest BCUT2D eigenvalue weighted by Gasteiger charge is -2.38. The maximum Gasteiger partial charge on any atom is 0.490 e. The number of rotatable bonds is 8. The number of guanidine groups is 1. The number of alkyl halides is 3. The zero-order valence-electron chi connectivity index (χ0n) is 24.7. The fraction of sp³-hybridized carbons (Fsp3) is 0.429. The number of aliphatic hydroxyl groups excluding tert-OH is 1. The summed E-state index contributed by atoms with van der Waals surface area (Å²) in [6, 6.07) is 12.0. The highest BCUT2D eigenvalue weighted by atomic mass is 32.2. The summed E-state index contributed by atoms with van der Waals surface area (Å²) in [6.45, 7) is 0.00581. The van der Waals surface area contributed by atoms with Gasteiger partial charge in [-0.3, -0.25) is 15.0 Å². The summed E-state index contributed by atoms with van der Waals surface area (Å²) in [5.74, 6) is -3.86. The van der Waals surface area contributed by atoms with Crippen molar-refractivity contribution >= 4 is 39.5 Å². The fourth-order valence-corrected chi connectivity index (χ4v) is 6.36. The van der Waals surface area contributed by atoms with Crippen LogP contribution in [0.3, 0.4) is 0 Å². The van der Waals surface area contributed by atoms with E-state index in [0.717, 1.165) is 5.56 Å². The number of hydrogen-bond acceptors (Lipinski definition) is 8. The van der Waals surface area contributed by atoms with E-state index in [9.17, 15) is 36.3 Å². The monoisotopic (exact) mass is 672 g/mol. The summed E-state index contributed by atoms with van der Waals surface area (Å²) < 4.78 is 65.5. The predicted molar refractivity (Wildman–Crippen MR) is 159 cm³/mol. The van der Waals surface area contributed by atoms with Crippen LogP contribution in [-0.4, -0.2) is 92.0 Å². The highest BCUT2D eigenvalue weighted by Crippen LogP contribution is 2.31. The fourth-order valence-electron chi connectivity index (χ4n) is 4.99. The summed E-state index contributed by atoms with van der Waals surface area (Å²) in [5, 5.41) is 28.1. The van der Waals surface area contributed by atoms with Crippen LogP contribution in [0.2, 0.25) is 0 Å². The van der Waals surface area contributed by atoms with Crippen LogP contribution in [0.1, 0.15) is 30.4 Å². The van der Waals surface area contributed by atoms with Gasteiger partial charge in [-0.15, -0.1) is 0 Å². The number of amides is 2. The van der Waals surface area contributed by atoms with E-state index in [0.29, 0.717) is 42.8 Å². The number of sulfonamides is 1. The van der Waals surface area contributed by atoms with Gasteiger partial charge < -0.3 is 35.8 Å². The van der Waals surface area contributed by atoms with Gasteiger partial charge in [0.1, 0.15) is 24.6 Å². The first kappa shape index (κ1) is 36.1. The molecular formula is C28H35F3N6O8S. The number of benzene rings is 2. The smallest absolute Gasteiger partial charge is 0.490 e. The third-order valence-electron chi connectivity index (χ3n) is 7.16. The number of carbonyl (C=O) groups excluding carboxylic acids is 2. The number of carboxylic acid groups (broad SMARTS) is 1. The van der Waals surface area contributed by atoms with E-state index in [2.05, 4.69) is 10.0 Å². The van der Waals surface area contributed by atoms with Gasteiger partial charge in [0.2, 0.25) is 21.8 Å². The number of piperidine rings is 1. The molecule has 2 amide bonds. The standard InChI is InChI=1S/C26H34N6O6S.C2HF3O2/c1-38-19-10-12-22-18(14-19)9-11-21(30-39(36,37)16-17-6-3-2-4-7-17)25(35)32(22)15-23(33)29-20-8-5-13-31(24(20)34)26(27)28;3-2(4,5)1(6)7/h2-4,6-7,10,12,14,20-21,24,30,34H,5,8-9,11,13,15-16H2,1H3,(H3,27,28)(H,29,33);(H,6,7)/t20-,21-,24?;/m0./s1. The Labute approximate surface area is 262 Å². The topological polar surface area (TPSA) is 215 Å². The SMILES string of the molecule is COc1ccc2c(c1)CC[C@H](NS(=O)(=O)Cc1ccccc1)C(=O)N2CC(=O)N[C@H]1CCCN(C(=N)N)C1O.O=C(O)C(F)(F)F. The van der Waals surface area contributed by atoms with Crippen LogP contribution in [0.25, 0.3) is 0 Å². The van der Waals surface area contributed by atoms with Gasteiger partial charge >= 0.3 is 12.1 Å². The Morgan fingerprint density at radius 2 is 1.80 bits per heavy atom. The number of carboxylic acids is 1. The minimum atomic E-state index is -5.08. The van der Waals surface area contributed by atoms with Gasteiger partial charge in [-0.2, -0.15) is 13.2 Å². The Hall–Kier alpha value is -4.42. The first-order valence-corrected chi connectivity index (χ1v) is 15.6. The minimum absolute atomic E-state index is 0.194. The molecule has 0 saturated carbocycles. The molecule has 0 radical (unpaired) electrons. The number of aryl methyl sites for hydroxylation is 1. The van der Waals surface area contributed by atoms with Crippen molar-refractivity contribution in [1.82, 2.24) is 14.9 Å². The van der Waals surface area contributed by atoms with Crippen molar-refractivity contribution in [3.05, 3.63) is 59.7 Å². The first-order valence-electron chi connectivity index (χ1n) is 13.9. The van der Waals surface area contributed by atoms with Crippen molar-refractivity contribution in [3.63, 3.8) is 0 Å². The normalized spacial score (nSPS) is 20.0. The Morgan fingerprint density at radius 3 is 2.39 bits per heavy atom. The average Bonchev–Trinajstić information content (AvgIpc) is 3.10. The quantitative estimate of drug-likeness (QED) is 0.172. The zero-order chi connectivity index (χ0) is 34.2. The van der Waals surface area contributed by atoms with Crippen molar-refractivity contribution in [2.45, 2.75) is 55.9 Å². The molecule has 3 atom stereocenters. The van der Waals surface area contributed by atoms with Gasteiger partial charge in [0, 0.05) is 12.2 Å². The molecule has 7 N–H and O–H groups in total. The molecule has 2 aliphatic rings. The van der Waals surface area contributed by atoms with E-state index >= 15 is 0 Å². The molecule has 18 heteroatoms. The number of aliphatic carboxylic acids is 1. The Bertz CT molecular complexity index is 1530. The molecule has 2 aliphatic heterocycles. The third kappa shape index (κ3) is 9.79. The van der Waals surface area contributed by atoms with Gasteiger partial charge in [-0.05, 0) is 55.0 Å². The number of nitrogens with two attached hydrogens (primary N) is 1. The van der Waals surface area contributed by atoms with Crippen molar-refractivity contribution in [3.8, 4) is 5.75 Å². The first-order chi connectivity index (χ1) is 21.5. The van der Waals surface area contributed by atoms with Gasteiger partial charge in [-0.25, -0.2) is 17.9 Å². The molecule has 0 aromatic heterocycles. The number of carbonyl (C=O) groups is 3. The molecule has 4 rings (SSSR count). The molecule has 2 heterocycles. The molecule has 1 saturated heterocycles. The second-order valence-corrected chi connectivity index (χ2v) is 12.2. The lowest BCUT2D eigenvalue weighted by molar-refractivity contribution is -0.192. The lowest BCUT2D eigenvalue weighted by atomic mass is 10.0. The van der Waals surface area contributed by atoms with Gasteiger partial charge in [-0.1, -0.05) is 30.3 Å². The zero-order valence-corrected chi connectivity index (χ0v) is 25.5. The van der Waals surface area contributed by atoms with Crippen molar-refractivity contribution in [2.24, 2.45) is 5.73 Å². The number of likely N-dealkylation sites (tertiary alicyclic amines) is 1. The van der Waals surface area contributed by atoms with Crippen LogP contribution in [0.4, 0.5) is 18.9 Å². The minimum Gasteiger partial charge on any atom is -0.497 e.